The third-order valence-corrected chi connectivity index (χ3v) is 4.15. The van der Waals surface area contributed by atoms with Crippen molar-refractivity contribution < 1.29 is 19.5 Å². The monoisotopic (exact) mass is 368 g/mol. The summed E-state index contributed by atoms with van der Waals surface area (Å²) in [6.45, 7) is 3.71. The van der Waals surface area contributed by atoms with Crippen molar-refractivity contribution >= 4 is 23.5 Å². The van der Waals surface area contributed by atoms with E-state index in [0.29, 0.717) is 24.1 Å². The van der Waals surface area contributed by atoms with Crippen molar-refractivity contribution in [3.63, 3.8) is 0 Å². The minimum absolute atomic E-state index is 0.0215. The van der Waals surface area contributed by atoms with E-state index in [2.05, 4.69) is 10.6 Å². The van der Waals surface area contributed by atoms with Gasteiger partial charge in [0.25, 0.3) is 5.91 Å². The Balaban J connectivity index is 2.00. The van der Waals surface area contributed by atoms with Crippen LogP contribution in [0, 0.1) is 12.8 Å². The number of nitrogens with one attached hydrogen (secondary N) is 2. The van der Waals surface area contributed by atoms with Gasteiger partial charge in [0.05, 0.1) is 5.92 Å². The number of hydrogen-bond acceptors (Lipinski definition) is 3. The molecule has 0 aromatic heterocycles. The summed E-state index contributed by atoms with van der Waals surface area (Å²) in [5.74, 6) is -2.20. The van der Waals surface area contributed by atoms with Crippen molar-refractivity contribution in [1.29, 1.82) is 0 Å². The Morgan fingerprint density at radius 1 is 1.07 bits per heavy atom. The van der Waals surface area contributed by atoms with E-state index in [0.717, 1.165) is 11.1 Å². The van der Waals surface area contributed by atoms with E-state index in [-0.39, 0.29) is 18.4 Å². The molecule has 0 heterocycles. The van der Waals surface area contributed by atoms with E-state index in [9.17, 15) is 19.5 Å². The maximum Gasteiger partial charge on any atom is 0.308 e. The molecule has 1 unspecified atom stereocenters. The number of rotatable bonds is 8. The van der Waals surface area contributed by atoms with Crippen LogP contribution in [0.15, 0.2) is 48.5 Å². The van der Waals surface area contributed by atoms with E-state index in [4.69, 9.17) is 0 Å². The van der Waals surface area contributed by atoms with Crippen LogP contribution in [0.3, 0.4) is 0 Å². The molecule has 142 valence electrons. The molecule has 27 heavy (non-hydrogen) atoms. The number of carbonyl (C=O) groups excluding carboxylic acids is 2. The molecule has 0 bridgehead atoms. The van der Waals surface area contributed by atoms with Gasteiger partial charge in [-0.2, -0.15) is 0 Å². The molecule has 0 fully saturated rings. The normalized spacial score (nSPS) is 11.5. The average Bonchev–Trinajstić information content (AvgIpc) is 2.64. The average molecular weight is 368 g/mol. The second-order valence-corrected chi connectivity index (χ2v) is 6.42. The molecule has 6 heteroatoms. The van der Waals surface area contributed by atoms with Crippen LogP contribution in [0.25, 0.3) is 0 Å². The standard InChI is InChI=1S/C21H24N2O4/c1-3-19(24)23-18-9-5-8-16(12-18)20(25)22-13-17(21(26)27)11-15-7-4-6-14(2)10-15/h4-10,12,17H,3,11,13H2,1-2H3,(H,22,25)(H,23,24)(H,26,27). The van der Waals surface area contributed by atoms with Gasteiger partial charge in [-0.3, -0.25) is 14.4 Å². The summed E-state index contributed by atoms with van der Waals surface area (Å²) in [5.41, 5.74) is 2.88. The van der Waals surface area contributed by atoms with Crippen molar-refractivity contribution in [3.8, 4) is 0 Å². The maximum absolute atomic E-state index is 12.4. The van der Waals surface area contributed by atoms with Crippen LogP contribution in [-0.2, 0) is 16.0 Å². The van der Waals surface area contributed by atoms with Crippen molar-refractivity contribution in [2.24, 2.45) is 5.92 Å². The van der Waals surface area contributed by atoms with Crippen LogP contribution in [0.1, 0.15) is 34.8 Å². The molecule has 0 aliphatic rings. The number of hydrogen-bond donors (Lipinski definition) is 3. The molecule has 0 aliphatic heterocycles. The predicted molar refractivity (Wildman–Crippen MR) is 104 cm³/mol. The summed E-state index contributed by atoms with van der Waals surface area (Å²) in [5, 5.41) is 14.8. The lowest BCUT2D eigenvalue weighted by Crippen LogP contribution is -2.34. The van der Waals surface area contributed by atoms with Crippen LogP contribution in [-0.4, -0.2) is 29.4 Å². The van der Waals surface area contributed by atoms with Gasteiger partial charge < -0.3 is 15.7 Å². The molecule has 1 atom stereocenters. The number of benzene rings is 2. The number of carboxylic acids is 1. The van der Waals surface area contributed by atoms with Crippen molar-refractivity contribution in [3.05, 3.63) is 65.2 Å². The Kier molecular flexibility index (Phi) is 7.11. The molecule has 0 aliphatic carbocycles. The van der Waals surface area contributed by atoms with Crippen molar-refractivity contribution in [2.45, 2.75) is 26.7 Å². The van der Waals surface area contributed by atoms with Crippen LogP contribution in [0.4, 0.5) is 5.69 Å². The Morgan fingerprint density at radius 2 is 1.81 bits per heavy atom. The zero-order valence-electron chi connectivity index (χ0n) is 15.5. The number of aryl methyl sites for hydroxylation is 1. The summed E-state index contributed by atoms with van der Waals surface area (Å²) in [6, 6.07) is 14.2. The first-order valence-electron chi connectivity index (χ1n) is 8.85. The Hall–Kier alpha value is -3.15. The lowest BCUT2D eigenvalue weighted by molar-refractivity contribution is -0.141. The fraction of sp³-hybridized carbons (Fsp3) is 0.286. The third-order valence-electron chi connectivity index (χ3n) is 4.15. The first-order valence-corrected chi connectivity index (χ1v) is 8.85. The Morgan fingerprint density at radius 3 is 2.48 bits per heavy atom. The largest absolute Gasteiger partial charge is 0.481 e. The van der Waals surface area contributed by atoms with Gasteiger partial charge >= 0.3 is 5.97 Å². The fourth-order valence-electron chi connectivity index (χ4n) is 2.68. The lowest BCUT2D eigenvalue weighted by Gasteiger charge is -2.14. The van der Waals surface area contributed by atoms with Gasteiger partial charge in [0.1, 0.15) is 0 Å². The Labute approximate surface area is 158 Å². The minimum atomic E-state index is -0.958. The summed E-state index contributed by atoms with van der Waals surface area (Å²) in [6.07, 6.45) is 0.680. The van der Waals surface area contributed by atoms with Crippen LogP contribution in [0.5, 0.6) is 0 Å². The van der Waals surface area contributed by atoms with Crippen LogP contribution < -0.4 is 10.6 Å². The summed E-state index contributed by atoms with van der Waals surface area (Å²) >= 11 is 0. The fourth-order valence-corrected chi connectivity index (χ4v) is 2.68. The van der Waals surface area contributed by atoms with Crippen LogP contribution in [0.2, 0.25) is 0 Å². The Bertz CT molecular complexity index is 832. The van der Waals surface area contributed by atoms with Crippen LogP contribution >= 0.6 is 0 Å². The van der Waals surface area contributed by atoms with E-state index in [1.165, 1.54) is 0 Å². The number of anilines is 1. The number of carboxylic acid groups (broad SMARTS) is 1. The van der Waals surface area contributed by atoms with E-state index in [1.54, 1.807) is 31.2 Å². The minimum Gasteiger partial charge on any atom is -0.481 e. The van der Waals surface area contributed by atoms with Gasteiger partial charge in [0.15, 0.2) is 0 Å². The highest BCUT2D eigenvalue weighted by molar-refractivity contribution is 5.97. The van der Waals surface area contributed by atoms with Gasteiger partial charge in [0, 0.05) is 24.2 Å². The number of carbonyl (C=O) groups is 3. The highest BCUT2D eigenvalue weighted by Gasteiger charge is 2.19. The molecule has 2 rings (SSSR count). The molecule has 2 amide bonds. The molecular weight excluding hydrogens is 344 g/mol. The molecule has 0 saturated carbocycles. The number of aliphatic carboxylic acids is 1. The first kappa shape index (κ1) is 20.2. The second-order valence-electron chi connectivity index (χ2n) is 6.42. The maximum atomic E-state index is 12.4. The van der Waals surface area contributed by atoms with Gasteiger partial charge in [0.2, 0.25) is 5.91 Å². The van der Waals surface area contributed by atoms with Crippen molar-refractivity contribution in [2.75, 3.05) is 11.9 Å². The van der Waals surface area contributed by atoms with E-state index >= 15 is 0 Å². The predicted octanol–water partition coefficient (Wildman–Crippen LogP) is 3.02. The SMILES string of the molecule is CCC(=O)Nc1cccc(C(=O)NCC(Cc2cccc(C)c2)C(=O)O)c1. The summed E-state index contributed by atoms with van der Waals surface area (Å²) in [4.78, 5) is 35.4. The van der Waals surface area contributed by atoms with Gasteiger partial charge in [-0.1, -0.05) is 42.8 Å². The molecule has 0 radical (unpaired) electrons. The van der Waals surface area contributed by atoms with Gasteiger partial charge in [-0.15, -0.1) is 0 Å². The summed E-state index contributed by atoms with van der Waals surface area (Å²) < 4.78 is 0. The van der Waals surface area contributed by atoms with Crippen molar-refractivity contribution in [1.82, 2.24) is 5.32 Å². The highest BCUT2D eigenvalue weighted by Crippen LogP contribution is 2.13. The lowest BCUT2D eigenvalue weighted by atomic mass is 9.98. The molecule has 2 aromatic rings. The molecule has 3 N–H and O–H groups in total. The third kappa shape index (κ3) is 6.26. The first-order chi connectivity index (χ1) is 12.9. The van der Waals surface area contributed by atoms with E-state index < -0.39 is 11.9 Å². The molecule has 2 aromatic carbocycles. The van der Waals surface area contributed by atoms with E-state index in [1.807, 2.05) is 31.2 Å². The quantitative estimate of drug-likeness (QED) is 0.667. The zero-order valence-corrected chi connectivity index (χ0v) is 15.5. The highest BCUT2D eigenvalue weighted by atomic mass is 16.4. The smallest absolute Gasteiger partial charge is 0.308 e. The summed E-state index contributed by atoms with van der Waals surface area (Å²) in [7, 11) is 0. The topological polar surface area (TPSA) is 95.5 Å². The zero-order chi connectivity index (χ0) is 19.8. The molecular formula is C21H24N2O4. The van der Waals surface area contributed by atoms with Gasteiger partial charge in [-0.25, -0.2) is 0 Å². The number of amides is 2. The van der Waals surface area contributed by atoms with Gasteiger partial charge in [-0.05, 0) is 37.1 Å². The molecule has 0 saturated heterocycles. The molecule has 6 nitrogen and oxygen atoms in total. The molecule has 0 spiro atoms. The second kappa shape index (κ2) is 9.52.